The van der Waals surface area contributed by atoms with Crippen molar-refractivity contribution in [1.82, 2.24) is 10.2 Å². The molecule has 3 rings (SSSR count). The predicted octanol–water partition coefficient (Wildman–Crippen LogP) is 3.26. The third kappa shape index (κ3) is 5.39. The van der Waals surface area contributed by atoms with Gasteiger partial charge in [-0.15, -0.1) is 0 Å². The molecule has 1 fully saturated rings. The maximum Gasteiger partial charge on any atom is 0.319 e. The molecule has 0 spiro atoms. The molecule has 0 saturated carbocycles. The number of carbonyl (C=O) groups is 1. The summed E-state index contributed by atoms with van der Waals surface area (Å²) in [6, 6.07) is 14.0. The molecule has 1 heterocycles. The zero-order chi connectivity index (χ0) is 19.9. The minimum Gasteiger partial charge on any atom is -0.497 e. The number of benzene rings is 2. The lowest BCUT2D eigenvalue weighted by Crippen LogP contribution is -2.48. The van der Waals surface area contributed by atoms with Gasteiger partial charge in [-0.2, -0.15) is 0 Å². The lowest BCUT2D eigenvalue weighted by Gasteiger charge is -2.36. The number of nitrogens with one attached hydrogen (secondary N) is 2. The van der Waals surface area contributed by atoms with Crippen LogP contribution in [0.15, 0.2) is 42.5 Å². The Morgan fingerprint density at radius 2 is 1.71 bits per heavy atom. The first-order valence-electron chi connectivity index (χ1n) is 9.78. The van der Waals surface area contributed by atoms with Crippen LogP contribution in [0.1, 0.15) is 11.1 Å². The topological polar surface area (TPSA) is 56.8 Å². The summed E-state index contributed by atoms with van der Waals surface area (Å²) in [5.74, 6) is 0.882. The van der Waals surface area contributed by atoms with E-state index < -0.39 is 0 Å². The van der Waals surface area contributed by atoms with Gasteiger partial charge in [-0.1, -0.05) is 6.07 Å². The van der Waals surface area contributed by atoms with Crippen LogP contribution < -0.4 is 20.3 Å². The van der Waals surface area contributed by atoms with E-state index in [1.807, 2.05) is 37.3 Å². The smallest absolute Gasteiger partial charge is 0.319 e. The molecule has 6 heteroatoms. The number of nitrogens with zero attached hydrogens (tertiary/aromatic N) is 2. The summed E-state index contributed by atoms with van der Waals surface area (Å²) in [6.07, 6.45) is 0. The number of methoxy groups -OCH3 is 1. The second kappa shape index (κ2) is 9.46. The molecule has 0 aromatic heterocycles. The van der Waals surface area contributed by atoms with E-state index >= 15 is 0 Å². The number of aryl methyl sites for hydroxylation is 2. The fraction of sp³-hybridized carbons (Fsp3) is 0.409. The van der Waals surface area contributed by atoms with Crippen molar-refractivity contribution in [3.05, 3.63) is 53.6 Å². The quantitative estimate of drug-likeness (QED) is 0.805. The first kappa shape index (κ1) is 20.0. The Morgan fingerprint density at radius 3 is 2.36 bits per heavy atom. The number of hydrogen-bond acceptors (Lipinski definition) is 4. The molecule has 150 valence electrons. The van der Waals surface area contributed by atoms with Gasteiger partial charge in [-0.25, -0.2) is 4.79 Å². The van der Waals surface area contributed by atoms with Gasteiger partial charge in [0.2, 0.25) is 0 Å². The molecule has 28 heavy (non-hydrogen) atoms. The summed E-state index contributed by atoms with van der Waals surface area (Å²) in [7, 11) is 1.68. The van der Waals surface area contributed by atoms with Crippen LogP contribution >= 0.6 is 0 Å². The van der Waals surface area contributed by atoms with Gasteiger partial charge >= 0.3 is 6.03 Å². The van der Waals surface area contributed by atoms with Gasteiger partial charge in [0, 0.05) is 50.6 Å². The van der Waals surface area contributed by atoms with Gasteiger partial charge < -0.3 is 20.3 Å². The van der Waals surface area contributed by atoms with Crippen molar-refractivity contribution < 1.29 is 9.53 Å². The van der Waals surface area contributed by atoms with Gasteiger partial charge in [-0.05, 0) is 61.4 Å². The number of piperazine rings is 1. The second-order valence-corrected chi connectivity index (χ2v) is 7.21. The summed E-state index contributed by atoms with van der Waals surface area (Å²) < 4.78 is 5.22. The fourth-order valence-corrected chi connectivity index (χ4v) is 3.34. The summed E-state index contributed by atoms with van der Waals surface area (Å²) in [5, 5.41) is 5.85. The molecule has 1 aliphatic rings. The zero-order valence-electron chi connectivity index (χ0n) is 17.0. The molecule has 0 atom stereocenters. The number of hydrogen-bond donors (Lipinski definition) is 2. The van der Waals surface area contributed by atoms with Crippen molar-refractivity contribution in [2.75, 3.05) is 56.6 Å². The Hall–Kier alpha value is -2.73. The highest BCUT2D eigenvalue weighted by Crippen LogP contribution is 2.20. The summed E-state index contributed by atoms with van der Waals surface area (Å²) >= 11 is 0. The summed E-state index contributed by atoms with van der Waals surface area (Å²) in [4.78, 5) is 16.9. The molecule has 1 saturated heterocycles. The first-order chi connectivity index (χ1) is 13.5. The Labute approximate surface area is 167 Å². The lowest BCUT2D eigenvalue weighted by atomic mass is 10.1. The number of anilines is 2. The predicted molar refractivity (Wildman–Crippen MR) is 115 cm³/mol. The van der Waals surface area contributed by atoms with Crippen molar-refractivity contribution >= 4 is 17.4 Å². The average molecular weight is 383 g/mol. The van der Waals surface area contributed by atoms with E-state index in [2.05, 4.69) is 39.5 Å². The molecular formula is C22H30N4O2. The van der Waals surface area contributed by atoms with Crippen LogP contribution in [0.5, 0.6) is 5.75 Å². The van der Waals surface area contributed by atoms with Crippen LogP contribution in [-0.2, 0) is 0 Å². The van der Waals surface area contributed by atoms with Crippen LogP contribution in [0, 0.1) is 13.8 Å². The molecule has 0 bridgehead atoms. The third-order valence-corrected chi connectivity index (χ3v) is 5.29. The molecular weight excluding hydrogens is 352 g/mol. The Morgan fingerprint density at radius 1 is 1.00 bits per heavy atom. The van der Waals surface area contributed by atoms with Gasteiger partial charge in [0.15, 0.2) is 0 Å². The van der Waals surface area contributed by atoms with E-state index in [0.29, 0.717) is 6.54 Å². The van der Waals surface area contributed by atoms with Crippen LogP contribution in [0.25, 0.3) is 0 Å². The maximum absolute atomic E-state index is 12.1. The molecule has 1 aliphatic heterocycles. The monoisotopic (exact) mass is 382 g/mol. The van der Waals surface area contributed by atoms with Crippen LogP contribution in [-0.4, -0.2) is 57.3 Å². The molecule has 2 N–H and O–H groups in total. The molecule has 2 aromatic carbocycles. The number of ether oxygens (including phenoxy) is 1. The van der Waals surface area contributed by atoms with E-state index in [-0.39, 0.29) is 6.03 Å². The molecule has 6 nitrogen and oxygen atoms in total. The normalized spacial score (nSPS) is 14.6. The summed E-state index contributed by atoms with van der Waals surface area (Å²) in [5.41, 5.74) is 4.45. The van der Waals surface area contributed by atoms with Crippen molar-refractivity contribution in [2.45, 2.75) is 13.8 Å². The van der Waals surface area contributed by atoms with Crippen molar-refractivity contribution in [3.8, 4) is 5.75 Å². The highest BCUT2D eigenvalue weighted by molar-refractivity contribution is 5.89. The number of carbonyl (C=O) groups excluding carboxylic acids is 1. The highest BCUT2D eigenvalue weighted by Gasteiger charge is 2.17. The van der Waals surface area contributed by atoms with Crippen molar-refractivity contribution in [2.24, 2.45) is 0 Å². The Bertz CT molecular complexity index is 784. The summed E-state index contributed by atoms with van der Waals surface area (Å²) in [6.45, 7) is 9.56. The van der Waals surface area contributed by atoms with E-state index in [1.165, 1.54) is 16.8 Å². The second-order valence-electron chi connectivity index (χ2n) is 7.21. The maximum atomic E-state index is 12.1. The zero-order valence-corrected chi connectivity index (χ0v) is 17.0. The molecule has 2 amide bonds. The molecule has 2 aromatic rings. The van der Waals surface area contributed by atoms with Gasteiger partial charge in [-0.3, -0.25) is 4.90 Å². The molecule has 0 aliphatic carbocycles. The van der Waals surface area contributed by atoms with Crippen molar-refractivity contribution in [3.63, 3.8) is 0 Å². The van der Waals surface area contributed by atoms with Crippen LogP contribution in [0.4, 0.5) is 16.2 Å². The molecule has 0 unspecified atom stereocenters. The van der Waals surface area contributed by atoms with Gasteiger partial charge in [0.1, 0.15) is 5.75 Å². The largest absolute Gasteiger partial charge is 0.497 e. The number of amides is 2. The number of urea groups is 1. The first-order valence-corrected chi connectivity index (χ1v) is 9.78. The van der Waals surface area contributed by atoms with Crippen molar-refractivity contribution in [1.29, 1.82) is 0 Å². The minimum atomic E-state index is -0.153. The lowest BCUT2D eigenvalue weighted by molar-refractivity contribution is 0.240. The van der Waals surface area contributed by atoms with Gasteiger partial charge in [0.25, 0.3) is 0 Å². The third-order valence-electron chi connectivity index (χ3n) is 5.29. The SMILES string of the molecule is COc1ccc(N2CCN(CCNC(=O)Nc3ccc(C)c(C)c3)CC2)cc1. The van der Waals surface area contributed by atoms with E-state index in [0.717, 1.165) is 44.2 Å². The average Bonchev–Trinajstić information content (AvgIpc) is 2.71. The van der Waals surface area contributed by atoms with E-state index in [4.69, 9.17) is 4.74 Å². The fourth-order valence-electron chi connectivity index (χ4n) is 3.34. The van der Waals surface area contributed by atoms with E-state index in [9.17, 15) is 4.79 Å². The minimum absolute atomic E-state index is 0.153. The molecule has 0 radical (unpaired) electrons. The Balaban J connectivity index is 1.36. The van der Waals surface area contributed by atoms with Gasteiger partial charge in [0.05, 0.1) is 7.11 Å². The highest BCUT2D eigenvalue weighted by atomic mass is 16.5. The van der Waals surface area contributed by atoms with E-state index in [1.54, 1.807) is 7.11 Å². The Kier molecular flexibility index (Phi) is 6.76. The van der Waals surface area contributed by atoms with Crippen LogP contribution in [0.2, 0.25) is 0 Å². The standard InChI is InChI=1S/C22H30N4O2/c1-17-4-5-19(16-18(17)2)24-22(27)23-10-11-25-12-14-26(15-13-25)20-6-8-21(28-3)9-7-20/h4-9,16H,10-15H2,1-3H3,(H2,23,24,27). The van der Waals surface area contributed by atoms with Crippen LogP contribution in [0.3, 0.4) is 0 Å². The number of rotatable bonds is 6.